The van der Waals surface area contributed by atoms with Crippen LogP contribution in [0.1, 0.15) is 28.1 Å². The maximum atomic E-state index is 12.3. The van der Waals surface area contributed by atoms with Gasteiger partial charge in [-0.3, -0.25) is 4.79 Å². The average Bonchev–Trinajstić information content (AvgIpc) is 3.29. The van der Waals surface area contributed by atoms with Crippen LogP contribution in [-0.4, -0.2) is 28.0 Å². The summed E-state index contributed by atoms with van der Waals surface area (Å²) in [4.78, 5) is 12.4. The molecule has 0 aliphatic carbocycles. The van der Waals surface area contributed by atoms with Crippen molar-refractivity contribution in [3.05, 3.63) is 83.8 Å². The van der Waals surface area contributed by atoms with Gasteiger partial charge in [0.2, 0.25) is 10.0 Å². The number of aryl methyl sites for hydroxylation is 1. The molecule has 0 radical (unpaired) electrons. The van der Waals surface area contributed by atoms with Crippen LogP contribution in [-0.2, 0) is 23.0 Å². The van der Waals surface area contributed by atoms with Crippen LogP contribution in [0.4, 0.5) is 0 Å². The lowest BCUT2D eigenvalue weighted by atomic mass is 10.1. The summed E-state index contributed by atoms with van der Waals surface area (Å²) in [6, 6.07) is 17.0. The topological polar surface area (TPSA) is 97.6 Å². The van der Waals surface area contributed by atoms with E-state index in [1.165, 1.54) is 36.1 Å². The van der Waals surface area contributed by atoms with Gasteiger partial charge in [0.1, 0.15) is 11.5 Å². The first-order valence-corrected chi connectivity index (χ1v) is 11.0. The van der Waals surface area contributed by atoms with Gasteiger partial charge < -0.3 is 14.5 Å². The number of furan rings is 1. The molecule has 7 nitrogen and oxygen atoms in total. The van der Waals surface area contributed by atoms with E-state index in [-0.39, 0.29) is 17.3 Å². The van der Waals surface area contributed by atoms with Crippen LogP contribution in [0.15, 0.2) is 76.2 Å². The largest absolute Gasteiger partial charge is 0.497 e. The lowest BCUT2D eigenvalue weighted by Crippen LogP contribution is -2.25. The van der Waals surface area contributed by atoms with Crippen molar-refractivity contribution in [2.75, 3.05) is 13.7 Å². The Morgan fingerprint density at radius 2 is 1.77 bits per heavy atom. The second-order valence-electron chi connectivity index (χ2n) is 6.64. The van der Waals surface area contributed by atoms with E-state index in [1.807, 2.05) is 24.3 Å². The predicted octanol–water partition coefficient (Wildman–Crippen LogP) is 3.13. The predicted molar refractivity (Wildman–Crippen MR) is 113 cm³/mol. The number of methoxy groups -OCH3 is 1. The number of carbonyl (C=O) groups excluding carboxylic acids is 1. The molecule has 30 heavy (non-hydrogen) atoms. The highest BCUT2D eigenvalue weighted by atomic mass is 32.2. The van der Waals surface area contributed by atoms with Crippen molar-refractivity contribution in [2.45, 2.75) is 24.3 Å². The third-order valence-electron chi connectivity index (χ3n) is 4.53. The summed E-state index contributed by atoms with van der Waals surface area (Å²) in [5.74, 6) is 1.09. The molecule has 0 aliphatic rings. The molecule has 1 amide bonds. The summed E-state index contributed by atoms with van der Waals surface area (Å²) < 4.78 is 37.4. The quantitative estimate of drug-likeness (QED) is 0.484. The van der Waals surface area contributed by atoms with Gasteiger partial charge in [0.15, 0.2) is 0 Å². The number of sulfonamides is 1. The van der Waals surface area contributed by atoms with E-state index in [4.69, 9.17) is 9.15 Å². The van der Waals surface area contributed by atoms with E-state index < -0.39 is 10.0 Å². The molecule has 0 saturated carbocycles. The Labute approximate surface area is 176 Å². The molecule has 0 fully saturated rings. The van der Waals surface area contributed by atoms with E-state index in [2.05, 4.69) is 10.0 Å². The normalized spacial score (nSPS) is 11.2. The van der Waals surface area contributed by atoms with Crippen LogP contribution < -0.4 is 14.8 Å². The van der Waals surface area contributed by atoms with Crippen LogP contribution in [0.25, 0.3) is 0 Å². The summed E-state index contributed by atoms with van der Waals surface area (Å²) in [6.07, 6.45) is 3.11. The molecule has 0 unspecified atom stereocenters. The molecule has 158 valence electrons. The van der Waals surface area contributed by atoms with Gasteiger partial charge in [0.05, 0.1) is 24.8 Å². The van der Waals surface area contributed by atoms with Crippen LogP contribution in [0, 0.1) is 0 Å². The number of nitrogens with one attached hydrogen (secondary N) is 2. The molecule has 8 heteroatoms. The third-order valence-corrected chi connectivity index (χ3v) is 5.95. The number of benzene rings is 2. The zero-order valence-corrected chi connectivity index (χ0v) is 17.4. The lowest BCUT2D eigenvalue weighted by molar-refractivity contribution is 0.0953. The highest BCUT2D eigenvalue weighted by Crippen LogP contribution is 2.13. The maximum absolute atomic E-state index is 12.3. The van der Waals surface area contributed by atoms with E-state index in [1.54, 1.807) is 19.2 Å². The molecule has 2 aromatic carbocycles. The van der Waals surface area contributed by atoms with E-state index in [0.717, 1.165) is 18.6 Å². The molecule has 0 aliphatic heterocycles. The summed E-state index contributed by atoms with van der Waals surface area (Å²) in [5, 5.41) is 2.85. The zero-order valence-electron chi connectivity index (χ0n) is 16.6. The van der Waals surface area contributed by atoms with Crippen molar-refractivity contribution in [3.8, 4) is 5.75 Å². The zero-order chi connectivity index (χ0) is 21.4. The average molecular weight is 429 g/mol. The van der Waals surface area contributed by atoms with Gasteiger partial charge in [-0.25, -0.2) is 13.1 Å². The fourth-order valence-electron chi connectivity index (χ4n) is 2.84. The number of hydrogen-bond acceptors (Lipinski definition) is 5. The van der Waals surface area contributed by atoms with Crippen LogP contribution >= 0.6 is 0 Å². The van der Waals surface area contributed by atoms with Crippen LogP contribution in [0.3, 0.4) is 0 Å². The van der Waals surface area contributed by atoms with Gasteiger partial charge >= 0.3 is 0 Å². The van der Waals surface area contributed by atoms with Gasteiger partial charge in [-0.05, 0) is 66.9 Å². The number of rotatable bonds is 10. The van der Waals surface area contributed by atoms with Crippen molar-refractivity contribution in [2.24, 2.45) is 0 Å². The van der Waals surface area contributed by atoms with Crippen LogP contribution in [0.2, 0.25) is 0 Å². The minimum atomic E-state index is -3.69. The Morgan fingerprint density at radius 1 is 1.03 bits per heavy atom. The molecule has 0 atom stereocenters. The van der Waals surface area contributed by atoms with Crippen molar-refractivity contribution in [1.82, 2.24) is 10.0 Å². The summed E-state index contributed by atoms with van der Waals surface area (Å²) in [5.41, 5.74) is 1.58. The molecule has 2 N–H and O–H groups in total. The summed E-state index contributed by atoms with van der Waals surface area (Å²) in [6.45, 7) is 0.585. The molecule has 3 rings (SSSR count). The molecule has 1 heterocycles. The van der Waals surface area contributed by atoms with Crippen molar-refractivity contribution < 1.29 is 22.4 Å². The first-order chi connectivity index (χ1) is 14.5. The lowest BCUT2D eigenvalue weighted by Gasteiger charge is -2.08. The molecular formula is C22H24N2O5S. The highest BCUT2D eigenvalue weighted by molar-refractivity contribution is 7.89. The molecule has 0 saturated heterocycles. The van der Waals surface area contributed by atoms with Gasteiger partial charge in [-0.2, -0.15) is 0 Å². The number of carbonyl (C=O) groups is 1. The molecule has 0 spiro atoms. The minimum Gasteiger partial charge on any atom is -0.497 e. The fraction of sp³-hybridized carbons (Fsp3) is 0.227. The SMILES string of the molecule is COc1ccc(CCCNC(=O)c2ccc(S(=O)(=O)NCc3ccco3)cc2)cc1. The number of ether oxygens (including phenoxy) is 1. The van der Waals surface area contributed by atoms with E-state index >= 15 is 0 Å². The minimum absolute atomic E-state index is 0.0613. The molecule has 0 bridgehead atoms. The Bertz CT molecular complexity index is 1040. The first kappa shape index (κ1) is 21.6. The van der Waals surface area contributed by atoms with Gasteiger partial charge in [-0.1, -0.05) is 12.1 Å². The van der Waals surface area contributed by atoms with Gasteiger partial charge in [-0.15, -0.1) is 0 Å². The fourth-order valence-corrected chi connectivity index (χ4v) is 3.83. The van der Waals surface area contributed by atoms with E-state index in [9.17, 15) is 13.2 Å². The second kappa shape index (κ2) is 10.1. The maximum Gasteiger partial charge on any atom is 0.251 e. The van der Waals surface area contributed by atoms with Crippen molar-refractivity contribution in [3.63, 3.8) is 0 Å². The van der Waals surface area contributed by atoms with Crippen molar-refractivity contribution in [1.29, 1.82) is 0 Å². The Kier molecular flexibility index (Phi) is 7.26. The Hall–Kier alpha value is -3.10. The first-order valence-electron chi connectivity index (χ1n) is 9.51. The molecule has 3 aromatic rings. The van der Waals surface area contributed by atoms with Gasteiger partial charge in [0, 0.05) is 12.1 Å². The Morgan fingerprint density at radius 3 is 2.40 bits per heavy atom. The van der Waals surface area contributed by atoms with Gasteiger partial charge in [0.25, 0.3) is 5.91 Å². The summed E-state index contributed by atoms with van der Waals surface area (Å²) >= 11 is 0. The number of amides is 1. The van der Waals surface area contributed by atoms with Crippen molar-refractivity contribution >= 4 is 15.9 Å². The summed E-state index contributed by atoms with van der Waals surface area (Å²) in [7, 11) is -2.06. The standard InChI is InChI=1S/C22H24N2O5S/c1-28-19-10-6-17(7-11-19)4-2-14-23-22(25)18-8-12-21(13-9-18)30(26,27)24-16-20-5-3-15-29-20/h3,5-13,15,24H,2,4,14,16H2,1H3,(H,23,25). The van der Waals surface area contributed by atoms with Crippen LogP contribution in [0.5, 0.6) is 5.75 Å². The smallest absolute Gasteiger partial charge is 0.251 e. The Balaban J connectivity index is 1.46. The third kappa shape index (κ3) is 5.95. The van der Waals surface area contributed by atoms with E-state index in [0.29, 0.717) is 17.9 Å². The molecular weight excluding hydrogens is 404 g/mol. The second-order valence-corrected chi connectivity index (χ2v) is 8.40. The number of hydrogen-bond donors (Lipinski definition) is 2. The monoisotopic (exact) mass is 428 g/mol. The molecule has 1 aromatic heterocycles. The highest BCUT2D eigenvalue weighted by Gasteiger charge is 2.15.